The van der Waals surface area contributed by atoms with E-state index in [9.17, 15) is 4.79 Å². The van der Waals surface area contributed by atoms with Gasteiger partial charge in [-0.3, -0.25) is 4.79 Å². The van der Waals surface area contributed by atoms with Crippen LogP contribution in [0.4, 0.5) is 5.82 Å². The van der Waals surface area contributed by atoms with Gasteiger partial charge in [0.25, 0.3) is 5.56 Å². The Morgan fingerprint density at radius 1 is 1.13 bits per heavy atom. The molecule has 0 spiro atoms. The second kappa shape index (κ2) is 5.76. The summed E-state index contributed by atoms with van der Waals surface area (Å²) in [5.74, 6) is 1.45. The van der Waals surface area contributed by atoms with Crippen LogP contribution in [-0.4, -0.2) is 32.6 Å². The molecule has 1 saturated carbocycles. The summed E-state index contributed by atoms with van der Waals surface area (Å²) in [6.45, 7) is 3.51. The zero-order valence-corrected chi connectivity index (χ0v) is 13.4. The highest BCUT2D eigenvalue weighted by molar-refractivity contribution is 5.40. The normalized spacial score (nSPS) is 20.9. The number of nitrogens with zero attached hydrogens (tertiary/aromatic N) is 5. The predicted octanol–water partition coefficient (Wildman–Crippen LogP) is 1.89. The van der Waals surface area contributed by atoms with E-state index in [0.717, 1.165) is 36.6 Å². The van der Waals surface area contributed by atoms with Gasteiger partial charge in [-0.05, 0) is 50.8 Å². The number of anilines is 1. The molecule has 1 atom stereocenters. The standard InChI is InChI=1S/C17H21N5O/c1-12-4-8-16(19-18-12)21-10-2-3-14(21)11-22-17(23)9-7-15(20-22)13-5-6-13/h4,7-9,13-14H,2-3,5-6,10-11H2,1H3. The van der Waals surface area contributed by atoms with Crippen molar-refractivity contribution >= 4 is 5.82 Å². The highest BCUT2D eigenvalue weighted by Gasteiger charge is 2.28. The maximum atomic E-state index is 12.1. The SMILES string of the molecule is Cc1ccc(N2CCCC2Cn2nc(C3CC3)ccc2=O)nn1. The maximum absolute atomic E-state index is 12.1. The second-order valence-corrected chi connectivity index (χ2v) is 6.58. The number of aromatic nitrogens is 4. The van der Waals surface area contributed by atoms with Crippen molar-refractivity contribution in [3.05, 3.63) is 46.0 Å². The fraction of sp³-hybridized carbons (Fsp3) is 0.529. The van der Waals surface area contributed by atoms with Gasteiger partial charge in [0.2, 0.25) is 0 Å². The van der Waals surface area contributed by atoms with Crippen LogP contribution in [0.15, 0.2) is 29.1 Å². The molecule has 2 aliphatic rings. The first-order chi connectivity index (χ1) is 11.2. The molecule has 0 aromatic carbocycles. The molecular weight excluding hydrogens is 290 g/mol. The van der Waals surface area contributed by atoms with Gasteiger partial charge < -0.3 is 4.90 Å². The second-order valence-electron chi connectivity index (χ2n) is 6.58. The minimum absolute atomic E-state index is 0.0174. The Morgan fingerprint density at radius 3 is 2.74 bits per heavy atom. The van der Waals surface area contributed by atoms with Gasteiger partial charge in [-0.25, -0.2) is 4.68 Å². The molecule has 0 bridgehead atoms. The van der Waals surface area contributed by atoms with Crippen LogP contribution in [0.3, 0.4) is 0 Å². The summed E-state index contributed by atoms with van der Waals surface area (Å²) in [6.07, 6.45) is 4.55. The van der Waals surface area contributed by atoms with E-state index in [-0.39, 0.29) is 11.6 Å². The Bertz CT molecular complexity index is 750. The number of hydrogen-bond donors (Lipinski definition) is 0. The number of hydrogen-bond acceptors (Lipinski definition) is 5. The highest BCUT2D eigenvalue weighted by Crippen LogP contribution is 2.38. The van der Waals surface area contributed by atoms with E-state index in [1.807, 2.05) is 25.1 Å². The van der Waals surface area contributed by atoms with E-state index >= 15 is 0 Å². The van der Waals surface area contributed by atoms with Crippen LogP contribution >= 0.6 is 0 Å². The van der Waals surface area contributed by atoms with E-state index in [4.69, 9.17) is 0 Å². The van der Waals surface area contributed by atoms with Gasteiger partial charge in [0, 0.05) is 18.5 Å². The molecule has 2 aromatic heterocycles. The molecule has 0 radical (unpaired) electrons. The molecule has 120 valence electrons. The molecule has 2 fully saturated rings. The van der Waals surface area contributed by atoms with Crippen molar-refractivity contribution in [2.75, 3.05) is 11.4 Å². The summed E-state index contributed by atoms with van der Waals surface area (Å²) in [4.78, 5) is 14.4. The summed E-state index contributed by atoms with van der Waals surface area (Å²) in [5.41, 5.74) is 1.96. The summed E-state index contributed by atoms with van der Waals surface area (Å²) < 4.78 is 1.64. The van der Waals surface area contributed by atoms with Crippen molar-refractivity contribution in [3.63, 3.8) is 0 Å². The van der Waals surface area contributed by atoms with Crippen LogP contribution < -0.4 is 10.5 Å². The molecule has 1 aliphatic heterocycles. The van der Waals surface area contributed by atoms with E-state index in [1.165, 1.54) is 12.8 Å². The summed E-state index contributed by atoms with van der Waals surface area (Å²) in [6, 6.07) is 7.79. The molecule has 6 nitrogen and oxygen atoms in total. The minimum Gasteiger partial charge on any atom is -0.350 e. The van der Waals surface area contributed by atoms with Gasteiger partial charge in [-0.2, -0.15) is 10.2 Å². The van der Waals surface area contributed by atoms with Crippen LogP contribution in [0.1, 0.15) is 43.0 Å². The lowest BCUT2D eigenvalue weighted by Crippen LogP contribution is -2.37. The van der Waals surface area contributed by atoms with E-state index < -0.39 is 0 Å². The van der Waals surface area contributed by atoms with Crippen LogP contribution in [-0.2, 0) is 6.54 Å². The molecule has 0 N–H and O–H groups in total. The average Bonchev–Trinajstić information content (AvgIpc) is 3.30. The molecule has 23 heavy (non-hydrogen) atoms. The van der Waals surface area contributed by atoms with Crippen LogP contribution in [0.25, 0.3) is 0 Å². The van der Waals surface area contributed by atoms with Crippen molar-refractivity contribution < 1.29 is 0 Å². The van der Waals surface area contributed by atoms with Crippen LogP contribution in [0, 0.1) is 6.92 Å². The third kappa shape index (κ3) is 2.98. The molecule has 1 unspecified atom stereocenters. The fourth-order valence-electron chi connectivity index (χ4n) is 3.26. The van der Waals surface area contributed by atoms with Gasteiger partial charge in [-0.15, -0.1) is 5.10 Å². The molecule has 6 heteroatoms. The Morgan fingerprint density at radius 2 is 2.00 bits per heavy atom. The van der Waals surface area contributed by atoms with Crippen LogP contribution in [0.2, 0.25) is 0 Å². The van der Waals surface area contributed by atoms with Crippen molar-refractivity contribution in [3.8, 4) is 0 Å². The molecule has 1 saturated heterocycles. The lowest BCUT2D eigenvalue weighted by Gasteiger charge is -2.25. The van der Waals surface area contributed by atoms with Gasteiger partial charge in [-0.1, -0.05) is 0 Å². The van der Waals surface area contributed by atoms with E-state index in [0.29, 0.717) is 12.5 Å². The van der Waals surface area contributed by atoms with Crippen molar-refractivity contribution in [1.82, 2.24) is 20.0 Å². The van der Waals surface area contributed by atoms with Crippen LogP contribution in [0.5, 0.6) is 0 Å². The molecule has 3 heterocycles. The molecule has 1 aliphatic carbocycles. The Hall–Kier alpha value is -2.24. The zero-order chi connectivity index (χ0) is 15.8. The quantitative estimate of drug-likeness (QED) is 0.863. The lowest BCUT2D eigenvalue weighted by molar-refractivity contribution is 0.480. The largest absolute Gasteiger partial charge is 0.350 e. The van der Waals surface area contributed by atoms with Gasteiger partial charge >= 0.3 is 0 Å². The molecule has 0 amide bonds. The third-order valence-electron chi connectivity index (χ3n) is 4.72. The Labute approximate surface area is 135 Å². The summed E-state index contributed by atoms with van der Waals surface area (Å²) in [5, 5.41) is 13.0. The average molecular weight is 311 g/mol. The van der Waals surface area contributed by atoms with E-state index in [2.05, 4.69) is 20.2 Å². The maximum Gasteiger partial charge on any atom is 0.266 e. The molecule has 4 rings (SSSR count). The van der Waals surface area contributed by atoms with E-state index in [1.54, 1.807) is 10.7 Å². The van der Waals surface area contributed by atoms with Crippen molar-refractivity contribution in [1.29, 1.82) is 0 Å². The topological polar surface area (TPSA) is 63.9 Å². The monoisotopic (exact) mass is 311 g/mol. The number of aryl methyl sites for hydroxylation is 1. The smallest absolute Gasteiger partial charge is 0.266 e. The fourth-order valence-corrected chi connectivity index (χ4v) is 3.26. The summed E-state index contributed by atoms with van der Waals surface area (Å²) >= 11 is 0. The van der Waals surface area contributed by atoms with Gasteiger partial charge in [0.15, 0.2) is 5.82 Å². The van der Waals surface area contributed by atoms with Gasteiger partial charge in [0.05, 0.1) is 24.0 Å². The minimum atomic E-state index is -0.0174. The molecule has 2 aromatic rings. The highest BCUT2D eigenvalue weighted by atomic mass is 16.1. The lowest BCUT2D eigenvalue weighted by atomic mass is 10.2. The van der Waals surface area contributed by atoms with Gasteiger partial charge in [0.1, 0.15) is 0 Å². The molecular formula is C17H21N5O. The predicted molar refractivity (Wildman–Crippen MR) is 87.6 cm³/mol. The Kier molecular flexibility index (Phi) is 3.59. The third-order valence-corrected chi connectivity index (χ3v) is 4.72. The first-order valence-electron chi connectivity index (χ1n) is 8.36. The van der Waals surface area contributed by atoms with Crippen molar-refractivity contribution in [2.45, 2.75) is 51.1 Å². The Balaban J connectivity index is 1.56. The zero-order valence-electron chi connectivity index (χ0n) is 13.4. The number of rotatable bonds is 4. The first-order valence-corrected chi connectivity index (χ1v) is 8.36. The summed E-state index contributed by atoms with van der Waals surface area (Å²) in [7, 11) is 0. The van der Waals surface area contributed by atoms with Crippen molar-refractivity contribution in [2.24, 2.45) is 0 Å². The first kappa shape index (κ1) is 14.4.